The largest absolute Gasteiger partial charge is 0.374 e. The normalized spacial score (nSPS) is 12.1. The molecule has 0 radical (unpaired) electrons. The fourth-order valence-electron chi connectivity index (χ4n) is 1.36. The predicted molar refractivity (Wildman–Crippen MR) is 72.8 cm³/mol. The molecule has 0 saturated heterocycles. The standard InChI is InChI=1S/C12H15Cl2FN2O/c1-3-4-16-12(18)7(2)17-8-5-9(13)11(15)10(14)6-8/h5-7,17H,3-4H2,1-2H3,(H,16,18). The van der Waals surface area contributed by atoms with E-state index >= 15 is 0 Å². The lowest BCUT2D eigenvalue weighted by molar-refractivity contribution is -0.121. The summed E-state index contributed by atoms with van der Waals surface area (Å²) in [5.41, 5.74) is 0.505. The van der Waals surface area contributed by atoms with Gasteiger partial charge in [0.2, 0.25) is 5.91 Å². The van der Waals surface area contributed by atoms with Gasteiger partial charge in [0.15, 0.2) is 5.82 Å². The second-order valence-electron chi connectivity index (χ2n) is 3.91. The molecule has 0 aliphatic heterocycles. The minimum Gasteiger partial charge on any atom is -0.374 e. The van der Waals surface area contributed by atoms with Crippen LogP contribution in [0, 0.1) is 5.82 Å². The third-order valence-electron chi connectivity index (χ3n) is 2.31. The highest BCUT2D eigenvalue weighted by Crippen LogP contribution is 2.27. The van der Waals surface area contributed by atoms with Gasteiger partial charge in [0.1, 0.15) is 6.04 Å². The number of carbonyl (C=O) groups is 1. The van der Waals surface area contributed by atoms with E-state index in [0.29, 0.717) is 12.2 Å². The monoisotopic (exact) mass is 292 g/mol. The lowest BCUT2D eigenvalue weighted by atomic mass is 10.2. The Bertz CT molecular complexity index is 417. The molecule has 0 fully saturated rings. The molecule has 0 aliphatic carbocycles. The van der Waals surface area contributed by atoms with Gasteiger partial charge in [-0.05, 0) is 25.5 Å². The second kappa shape index (κ2) is 6.81. The van der Waals surface area contributed by atoms with Crippen molar-refractivity contribution in [2.45, 2.75) is 26.3 Å². The average Bonchev–Trinajstić information content (AvgIpc) is 2.32. The number of nitrogens with one attached hydrogen (secondary N) is 2. The van der Waals surface area contributed by atoms with Crippen LogP contribution in [0.3, 0.4) is 0 Å². The number of anilines is 1. The van der Waals surface area contributed by atoms with Crippen molar-refractivity contribution in [3.8, 4) is 0 Å². The zero-order chi connectivity index (χ0) is 13.7. The van der Waals surface area contributed by atoms with Gasteiger partial charge in [0.05, 0.1) is 10.0 Å². The summed E-state index contributed by atoms with van der Waals surface area (Å²) in [6, 6.07) is 2.34. The summed E-state index contributed by atoms with van der Waals surface area (Å²) in [6.07, 6.45) is 0.868. The number of rotatable bonds is 5. The van der Waals surface area contributed by atoms with Crippen LogP contribution >= 0.6 is 23.2 Å². The molecule has 0 spiro atoms. The Labute approximate surface area is 116 Å². The first-order valence-electron chi connectivity index (χ1n) is 5.64. The van der Waals surface area contributed by atoms with Gasteiger partial charge in [-0.1, -0.05) is 30.1 Å². The van der Waals surface area contributed by atoms with Gasteiger partial charge in [-0.3, -0.25) is 4.79 Å². The molecule has 18 heavy (non-hydrogen) atoms. The summed E-state index contributed by atoms with van der Waals surface area (Å²) >= 11 is 11.3. The summed E-state index contributed by atoms with van der Waals surface area (Å²) in [5, 5.41) is 5.51. The number of amides is 1. The van der Waals surface area contributed by atoms with Gasteiger partial charge in [-0.15, -0.1) is 0 Å². The molecule has 0 saturated carbocycles. The molecule has 0 bridgehead atoms. The molecular weight excluding hydrogens is 278 g/mol. The fourth-order valence-corrected chi connectivity index (χ4v) is 1.84. The third kappa shape index (κ3) is 4.03. The maximum absolute atomic E-state index is 13.2. The summed E-state index contributed by atoms with van der Waals surface area (Å²) in [6.45, 7) is 4.30. The summed E-state index contributed by atoms with van der Waals surface area (Å²) in [4.78, 5) is 11.6. The van der Waals surface area contributed by atoms with Crippen LogP contribution in [0.25, 0.3) is 0 Å². The van der Waals surface area contributed by atoms with Gasteiger partial charge in [-0.25, -0.2) is 4.39 Å². The predicted octanol–water partition coefficient (Wildman–Crippen LogP) is 3.46. The maximum Gasteiger partial charge on any atom is 0.242 e. The Morgan fingerprint density at radius 1 is 1.39 bits per heavy atom. The van der Waals surface area contributed by atoms with E-state index in [-0.39, 0.29) is 16.0 Å². The van der Waals surface area contributed by atoms with E-state index in [1.807, 2.05) is 6.92 Å². The van der Waals surface area contributed by atoms with Crippen molar-refractivity contribution in [2.75, 3.05) is 11.9 Å². The molecule has 6 heteroatoms. The smallest absolute Gasteiger partial charge is 0.242 e. The molecule has 1 amide bonds. The Morgan fingerprint density at radius 2 is 1.94 bits per heavy atom. The fraction of sp³-hybridized carbons (Fsp3) is 0.417. The van der Waals surface area contributed by atoms with Crippen LogP contribution in [-0.2, 0) is 4.79 Å². The average molecular weight is 293 g/mol. The lowest BCUT2D eigenvalue weighted by Gasteiger charge is -2.15. The van der Waals surface area contributed by atoms with Crippen LogP contribution < -0.4 is 10.6 Å². The highest BCUT2D eigenvalue weighted by molar-refractivity contribution is 6.35. The molecule has 0 aliphatic rings. The van der Waals surface area contributed by atoms with E-state index in [0.717, 1.165) is 6.42 Å². The number of benzene rings is 1. The SMILES string of the molecule is CCCNC(=O)C(C)Nc1cc(Cl)c(F)c(Cl)c1. The Morgan fingerprint density at radius 3 is 2.44 bits per heavy atom. The number of halogens is 3. The van der Waals surface area contributed by atoms with Crippen molar-refractivity contribution in [1.29, 1.82) is 0 Å². The summed E-state index contributed by atoms with van der Waals surface area (Å²) in [7, 11) is 0. The van der Waals surface area contributed by atoms with Crippen LogP contribution in [-0.4, -0.2) is 18.5 Å². The van der Waals surface area contributed by atoms with E-state index < -0.39 is 11.9 Å². The quantitative estimate of drug-likeness (QED) is 0.816. The molecule has 1 atom stereocenters. The molecule has 2 N–H and O–H groups in total. The van der Waals surface area contributed by atoms with Gasteiger partial charge >= 0.3 is 0 Å². The molecular formula is C12H15Cl2FN2O. The van der Waals surface area contributed by atoms with Crippen LogP contribution in [0.4, 0.5) is 10.1 Å². The summed E-state index contributed by atoms with van der Waals surface area (Å²) < 4.78 is 13.2. The lowest BCUT2D eigenvalue weighted by Crippen LogP contribution is -2.37. The third-order valence-corrected chi connectivity index (χ3v) is 2.86. The van der Waals surface area contributed by atoms with Crippen molar-refractivity contribution in [3.63, 3.8) is 0 Å². The minimum atomic E-state index is -0.660. The maximum atomic E-state index is 13.2. The van der Waals surface area contributed by atoms with E-state index in [9.17, 15) is 9.18 Å². The molecule has 100 valence electrons. The number of hydrogen-bond donors (Lipinski definition) is 2. The second-order valence-corrected chi connectivity index (χ2v) is 4.73. The van der Waals surface area contributed by atoms with E-state index in [1.54, 1.807) is 6.92 Å². The van der Waals surface area contributed by atoms with E-state index in [4.69, 9.17) is 23.2 Å². The van der Waals surface area contributed by atoms with Gasteiger partial charge in [0.25, 0.3) is 0 Å². The first-order chi connectivity index (χ1) is 8.45. The van der Waals surface area contributed by atoms with Crippen LogP contribution in [0.5, 0.6) is 0 Å². The van der Waals surface area contributed by atoms with E-state index in [2.05, 4.69) is 10.6 Å². The van der Waals surface area contributed by atoms with Crippen molar-refractivity contribution >= 4 is 34.8 Å². The first kappa shape index (κ1) is 15.1. The highest BCUT2D eigenvalue weighted by atomic mass is 35.5. The Kier molecular flexibility index (Phi) is 5.69. The Balaban J connectivity index is 2.70. The van der Waals surface area contributed by atoms with Crippen LogP contribution in [0.1, 0.15) is 20.3 Å². The van der Waals surface area contributed by atoms with Crippen LogP contribution in [0.2, 0.25) is 10.0 Å². The topological polar surface area (TPSA) is 41.1 Å². The first-order valence-corrected chi connectivity index (χ1v) is 6.40. The Hall–Kier alpha value is -1.00. The molecule has 1 unspecified atom stereocenters. The van der Waals surface area contributed by atoms with Gasteiger partial charge in [-0.2, -0.15) is 0 Å². The summed E-state index contributed by atoms with van der Waals surface area (Å²) in [5.74, 6) is -0.791. The van der Waals surface area contributed by atoms with Crippen molar-refractivity contribution in [1.82, 2.24) is 5.32 Å². The number of carbonyl (C=O) groups excluding carboxylic acids is 1. The van der Waals surface area contributed by atoms with Crippen molar-refractivity contribution in [2.24, 2.45) is 0 Å². The van der Waals surface area contributed by atoms with Crippen molar-refractivity contribution in [3.05, 3.63) is 28.0 Å². The zero-order valence-corrected chi connectivity index (χ0v) is 11.7. The highest BCUT2D eigenvalue weighted by Gasteiger charge is 2.14. The zero-order valence-electron chi connectivity index (χ0n) is 10.2. The van der Waals surface area contributed by atoms with Gasteiger partial charge in [0, 0.05) is 12.2 Å². The van der Waals surface area contributed by atoms with Crippen molar-refractivity contribution < 1.29 is 9.18 Å². The van der Waals surface area contributed by atoms with E-state index in [1.165, 1.54) is 12.1 Å². The number of hydrogen-bond acceptors (Lipinski definition) is 2. The molecule has 0 heterocycles. The molecule has 1 rings (SSSR count). The molecule has 1 aromatic carbocycles. The minimum absolute atomic E-state index is 0.0776. The van der Waals surface area contributed by atoms with Crippen LogP contribution in [0.15, 0.2) is 12.1 Å². The van der Waals surface area contributed by atoms with Gasteiger partial charge < -0.3 is 10.6 Å². The molecule has 3 nitrogen and oxygen atoms in total. The molecule has 1 aromatic rings. The molecule has 0 aromatic heterocycles.